The van der Waals surface area contributed by atoms with E-state index in [-0.39, 0.29) is 5.91 Å². The normalized spacial score (nSPS) is 25.0. The third kappa shape index (κ3) is 4.35. The van der Waals surface area contributed by atoms with Crippen LogP contribution in [0.1, 0.15) is 33.6 Å². The minimum absolute atomic E-state index is 0.0508. The van der Waals surface area contributed by atoms with Gasteiger partial charge >= 0.3 is 12.1 Å². The molecule has 8 nitrogen and oxygen atoms in total. The van der Waals surface area contributed by atoms with Crippen LogP contribution in [-0.2, 0) is 9.53 Å². The van der Waals surface area contributed by atoms with Crippen LogP contribution in [0.3, 0.4) is 0 Å². The standard InChI is InChI=1S/C19H21N3O3.C2HF3O2/c23-19(17-5-6-20-25-17)22-11-15-13-3-1-2-4-14(13)18(16(15)12-22)21-7-9-24-10-8-21;3-2(4,5)1(6)7/h1-6,15-16,18H,7-12H2;(H,6,7)/t15-,16-,18-;/m0./s1. The number of halogens is 3. The number of amides is 1. The Morgan fingerprint density at radius 2 is 1.72 bits per heavy atom. The van der Waals surface area contributed by atoms with Gasteiger partial charge in [-0.1, -0.05) is 29.4 Å². The molecule has 0 bridgehead atoms. The molecule has 1 N–H and O–H groups in total. The topological polar surface area (TPSA) is 96.1 Å². The van der Waals surface area contributed by atoms with Gasteiger partial charge in [0.25, 0.3) is 5.91 Å². The van der Waals surface area contributed by atoms with Gasteiger partial charge < -0.3 is 19.3 Å². The Balaban J connectivity index is 0.000000307. The summed E-state index contributed by atoms with van der Waals surface area (Å²) in [6.45, 7) is 5.01. The molecule has 1 aromatic carbocycles. The van der Waals surface area contributed by atoms with E-state index in [0.29, 0.717) is 23.6 Å². The Hall–Kier alpha value is -2.92. The Bertz CT molecular complexity index is 960. The average Bonchev–Trinajstić information content (AvgIpc) is 3.50. The third-order valence-corrected chi connectivity index (χ3v) is 6.10. The molecule has 3 atom stereocenters. The fourth-order valence-corrected chi connectivity index (χ4v) is 4.80. The second-order valence-corrected chi connectivity index (χ2v) is 7.88. The van der Waals surface area contributed by atoms with Crippen LogP contribution in [0.5, 0.6) is 0 Å². The van der Waals surface area contributed by atoms with Crippen LogP contribution >= 0.6 is 0 Å². The molecule has 11 heteroatoms. The van der Waals surface area contributed by atoms with Gasteiger partial charge in [-0.25, -0.2) is 4.79 Å². The third-order valence-electron chi connectivity index (χ3n) is 6.10. The molecule has 2 fully saturated rings. The van der Waals surface area contributed by atoms with E-state index in [1.165, 1.54) is 17.3 Å². The number of fused-ring (bicyclic) bond motifs is 3. The Morgan fingerprint density at radius 3 is 2.31 bits per heavy atom. The van der Waals surface area contributed by atoms with Gasteiger partial charge in [0.05, 0.1) is 19.4 Å². The van der Waals surface area contributed by atoms with Crippen molar-refractivity contribution in [3.8, 4) is 0 Å². The van der Waals surface area contributed by atoms with Gasteiger partial charge in [-0.2, -0.15) is 13.2 Å². The summed E-state index contributed by atoms with van der Waals surface area (Å²) in [6.07, 6.45) is -3.56. The number of carboxylic acid groups (broad SMARTS) is 1. The number of rotatable bonds is 2. The molecule has 0 unspecified atom stereocenters. The van der Waals surface area contributed by atoms with E-state index in [1.54, 1.807) is 6.07 Å². The van der Waals surface area contributed by atoms with Gasteiger partial charge in [-0.3, -0.25) is 9.69 Å². The first-order valence-electron chi connectivity index (χ1n) is 10.2. The summed E-state index contributed by atoms with van der Waals surface area (Å²) >= 11 is 0. The number of carbonyl (C=O) groups excluding carboxylic acids is 1. The van der Waals surface area contributed by atoms with Crippen molar-refractivity contribution in [1.29, 1.82) is 0 Å². The van der Waals surface area contributed by atoms with Gasteiger partial charge in [-0.15, -0.1) is 0 Å². The molecule has 172 valence electrons. The Morgan fingerprint density at radius 1 is 1.06 bits per heavy atom. The van der Waals surface area contributed by atoms with E-state index >= 15 is 0 Å². The molecule has 2 aliphatic heterocycles. The van der Waals surface area contributed by atoms with E-state index < -0.39 is 12.1 Å². The van der Waals surface area contributed by atoms with Crippen molar-refractivity contribution in [2.24, 2.45) is 5.92 Å². The quantitative estimate of drug-likeness (QED) is 0.747. The number of aromatic nitrogens is 1. The first kappa shape index (κ1) is 22.3. The summed E-state index contributed by atoms with van der Waals surface area (Å²) < 4.78 is 42.4. The van der Waals surface area contributed by atoms with Gasteiger partial charge in [0, 0.05) is 50.1 Å². The molecule has 1 amide bonds. The van der Waals surface area contributed by atoms with Crippen molar-refractivity contribution >= 4 is 11.9 Å². The van der Waals surface area contributed by atoms with E-state index in [1.807, 2.05) is 4.90 Å². The monoisotopic (exact) mass is 453 g/mol. The van der Waals surface area contributed by atoms with Crippen molar-refractivity contribution in [3.63, 3.8) is 0 Å². The predicted octanol–water partition coefficient (Wildman–Crippen LogP) is 2.55. The number of ether oxygens (including phenoxy) is 1. The minimum Gasteiger partial charge on any atom is -0.475 e. The maximum Gasteiger partial charge on any atom is 0.490 e. The van der Waals surface area contributed by atoms with Gasteiger partial charge in [0.1, 0.15) is 0 Å². The fraction of sp³-hybridized carbons (Fsp3) is 0.476. The second-order valence-electron chi connectivity index (χ2n) is 7.88. The number of hydrogen-bond donors (Lipinski definition) is 1. The lowest BCUT2D eigenvalue weighted by Crippen LogP contribution is -2.42. The molecule has 5 rings (SSSR count). The molecule has 1 aliphatic carbocycles. The number of hydrogen-bond acceptors (Lipinski definition) is 6. The highest BCUT2D eigenvalue weighted by Gasteiger charge is 2.49. The molecule has 0 saturated carbocycles. The van der Waals surface area contributed by atoms with Gasteiger partial charge in [0.2, 0.25) is 5.76 Å². The molecule has 0 radical (unpaired) electrons. The highest BCUT2D eigenvalue weighted by atomic mass is 19.4. The van der Waals surface area contributed by atoms with Gasteiger partial charge in [-0.05, 0) is 11.1 Å². The maximum absolute atomic E-state index is 12.7. The molecule has 2 aromatic rings. The van der Waals surface area contributed by atoms with Crippen LogP contribution in [0.4, 0.5) is 13.2 Å². The van der Waals surface area contributed by atoms with Crippen LogP contribution in [0.2, 0.25) is 0 Å². The van der Waals surface area contributed by atoms with Crippen molar-refractivity contribution in [2.45, 2.75) is 18.1 Å². The fourth-order valence-electron chi connectivity index (χ4n) is 4.80. The highest BCUT2D eigenvalue weighted by Crippen LogP contribution is 2.51. The second kappa shape index (κ2) is 8.91. The molecule has 3 heterocycles. The first-order chi connectivity index (χ1) is 15.3. The number of benzene rings is 1. The van der Waals surface area contributed by atoms with E-state index in [4.69, 9.17) is 19.2 Å². The van der Waals surface area contributed by atoms with Crippen LogP contribution in [0, 0.1) is 5.92 Å². The molecule has 3 aliphatic rings. The van der Waals surface area contributed by atoms with Crippen LogP contribution in [-0.4, -0.2) is 77.5 Å². The lowest BCUT2D eigenvalue weighted by molar-refractivity contribution is -0.192. The van der Waals surface area contributed by atoms with E-state index in [0.717, 1.165) is 39.4 Å². The van der Waals surface area contributed by atoms with Crippen LogP contribution in [0.15, 0.2) is 41.1 Å². The number of likely N-dealkylation sites (tertiary alicyclic amines) is 1. The minimum atomic E-state index is -5.08. The highest BCUT2D eigenvalue weighted by molar-refractivity contribution is 5.91. The number of aliphatic carboxylic acids is 1. The predicted molar refractivity (Wildman–Crippen MR) is 104 cm³/mol. The number of nitrogens with zero attached hydrogens (tertiary/aromatic N) is 3. The number of carbonyl (C=O) groups is 2. The van der Waals surface area contributed by atoms with Crippen LogP contribution in [0.25, 0.3) is 0 Å². The molecule has 32 heavy (non-hydrogen) atoms. The maximum atomic E-state index is 12.7. The molecular formula is C21H22F3N3O5. The number of alkyl halides is 3. The van der Waals surface area contributed by atoms with Gasteiger partial charge in [0.15, 0.2) is 0 Å². The lowest BCUT2D eigenvalue weighted by atomic mass is 9.93. The summed E-state index contributed by atoms with van der Waals surface area (Å²) in [5, 5.41) is 10.8. The van der Waals surface area contributed by atoms with Crippen molar-refractivity contribution in [2.75, 3.05) is 39.4 Å². The average molecular weight is 453 g/mol. The molecular weight excluding hydrogens is 431 g/mol. The van der Waals surface area contributed by atoms with E-state index in [2.05, 4.69) is 34.3 Å². The smallest absolute Gasteiger partial charge is 0.475 e. The molecule has 1 aromatic heterocycles. The molecule has 2 saturated heterocycles. The van der Waals surface area contributed by atoms with Crippen LogP contribution < -0.4 is 0 Å². The van der Waals surface area contributed by atoms with Crippen molar-refractivity contribution < 1.29 is 37.1 Å². The summed E-state index contributed by atoms with van der Waals surface area (Å²) in [5.41, 5.74) is 2.84. The summed E-state index contributed by atoms with van der Waals surface area (Å²) in [7, 11) is 0. The van der Waals surface area contributed by atoms with E-state index in [9.17, 15) is 18.0 Å². The Labute approximate surface area is 181 Å². The largest absolute Gasteiger partial charge is 0.490 e. The van der Waals surface area contributed by atoms with Crippen molar-refractivity contribution in [1.82, 2.24) is 15.0 Å². The zero-order valence-electron chi connectivity index (χ0n) is 17.0. The zero-order valence-corrected chi connectivity index (χ0v) is 17.0. The zero-order chi connectivity index (χ0) is 22.9. The van der Waals surface area contributed by atoms with Crippen molar-refractivity contribution in [3.05, 3.63) is 53.4 Å². The summed E-state index contributed by atoms with van der Waals surface area (Å²) in [5.74, 6) is -1.65. The number of morpholine rings is 1. The summed E-state index contributed by atoms with van der Waals surface area (Å²) in [4.78, 5) is 26.1. The number of carboxylic acids is 1. The lowest BCUT2D eigenvalue weighted by Gasteiger charge is -2.36. The first-order valence-corrected chi connectivity index (χ1v) is 10.2. The SMILES string of the molecule is O=C(O)C(F)(F)F.O=C(c1ccno1)N1C[C@H]2[C@@H](C1)c1ccccc1[C@@H]2N1CCOCC1. The molecule has 0 spiro atoms. The Kier molecular flexibility index (Phi) is 6.20. The summed E-state index contributed by atoms with van der Waals surface area (Å²) in [6, 6.07) is 10.7.